The summed E-state index contributed by atoms with van der Waals surface area (Å²) in [5.74, 6) is -1.59. The van der Waals surface area contributed by atoms with Crippen molar-refractivity contribution < 1.29 is 28.6 Å². The van der Waals surface area contributed by atoms with Gasteiger partial charge in [-0.05, 0) is 59.2 Å². The monoisotopic (exact) mass is 460 g/mol. The third kappa shape index (κ3) is 4.28. The van der Waals surface area contributed by atoms with E-state index in [0.29, 0.717) is 18.4 Å². The Labute approximate surface area is 198 Å². The van der Waals surface area contributed by atoms with E-state index in [1.165, 1.54) is 21.1 Å². The van der Waals surface area contributed by atoms with Gasteiger partial charge in [0.05, 0.1) is 20.1 Å². The molecule has 3 aromatic rings. The smallest absolute Gasteiger partial charge is 0.328 e. The fraction of sp³-hybridized carbons (Fsp3) is 0.321. The number of ether oxygens (including phenoxy) is 3. The minimum atomic E-state index is -1.65. The summed E-state index contributed by atoms with van der Waals surface area (Å²) in [5, 5.41) is 1.94. The molecule has 0 N–H and O–H groups in total. The number of hydrogen-bond acceptors (Lipinski definition) is 6. The number of carbonyl (C=O) groups is 3. The van der Waals surface area contributed by atoms with Crippen LogP contribution in [0.5, 0.6) is 0 Å². The zero-order chi connectivity index (χ0) is 24.3. The number of benzene rings is 3. The van der Waals surface area contributed by atoms with E-state index in [2.05, 4.69) is 0 Å². The number of hydrogen-bond donors (Lipinski definition) is 0. The molecular weight excluding hydrogens is 432 g/mol. The highest BCUT2D eigenvalue weighted by atomic mass is 16.6. The molecule has 0 bridgehead atoms. The summed E-state index contributed by atoms with van der Waals surface area (Å²) in [6.45, 7) is 1.59. The van der Waals surface area contributed by atoms with Gasteiger partial charge >= 0.3 is 17.9 Å². The minimum Gasteiger partial charge on any atom is -0.469 e. The molecule has 1 aliphatic carbocycles. The van der Waals surface area contributed by atoms with E-state index in [1.54, 1.807) is 0 Å². The van der Waals surface area contributed by atoms with Crippen molar-refractivity contribution in [2.24, 2.45) is 5.92 Å². The molecule has 4 rings (SSSR count). The molecule has 0 aliphatic heterocycles. The van der Waals surface area contributed by atoms with Crippen LogP contribution in [0.1, 0.15) is 42.4 Å². The fourth-order valence-corrected chi connectivity index (χ4v) is 4.59. The average Bonchev–Trinajstić information content (AvgIpc) is 2.85. The molecule has 3 aromatic carbocycles. The first-order valence-electron chi connectivity index (χ1n) is 11.3. The highest BCUT2D eigenvalue weighted by molar-refractivity contribution is 6.07. The Morgan fingerprint density at radius 1 is 0.882 bits per heavy atom. The summed E-state index contributed by atoms with van der Waals surface area (Å²) in [4.78, 5) is 38.2. The van der Waals surface area contributed by atoms with Gasteiger partial charge in [-0.2, -0.15) is 0 Å². The summed E-state index contributed by atoms with van der Waals surface area (Å²) in [5.41, 5.74) is 0.686. The third-order valence-electron chi connectivity index (χ3n) is 6.80. The van der Waals surface area contributed by atoms with Gasteiger partial charge in [-0.1, -0.05) is 60.7 Å². The predicted octanol–water partition coefficient (Wildman–Crippen LogP) is 4.68. The van der Waals surface area contributed by atoms with Gasteiger partial charge in [0.15, 0.2) is 5.41 Å². The number of esters is 3. The van der Waals surface area contributed by atoms with Crippen LogP contribution >= 0.6 is 0 Å². The SMILES string of the molecule is COC(=O)C1CC(c2cc(C(C)(C(=O)OC)C(=O)OCc3ccccc3)cc3ccccc23)C1. The maximum absolute atomic E-state index is 13.3. The van der Waals surface area contributed by atoms with Crippen LogP contribution in [0.15, 0.2) is 66.7 Å². The zero-order valence-corrected chi connectivity index (χ0v) is 19.6. The van der Waals surface area contributed by atoms with E-state index < -0.39 is 17.4 Å². The van der Waals surface area contributed by atoms with Crippen molar-refractivity contribution >= 4 is 28.7 Å². The molecule has 6 heteroatoms. The molecule has 0 aromatic heterocycles. The normalized spacial score (nSPS) is 18.9. The van der Waals surface area contributed by atoms with Gasteiger partial charge < -0.3 is 14.2 Å². The third-order valence-corrected chi connectivity index (χ3v) is 6.80. The van der Waals surface area contributed by atoms with Crippen molar-refractivity contribution in [1.82, 2.24) is 0 Å². The Balaban J connectivity index is 1.71. The first kappa shape index (κ1) is 23.5. The molecule has 0 amide bonds. The predicted molar refractivity (Wildman–Crippen MR) is 127 cm³/mol. The Morgan fingerprint density at radius 2 is 1.56 bits per heavy atom. The highest BCUT2D eigenvalue weighted by Gasteiger charge is 2.47. The summed E-state index contributed by atoms with van der Waals surface area (Å²) in [6.07, 6.45) is 1.32. The summed E-state index contributed by atoms with van der Waals surface area (Å²) in [6, 6.07) is 20.9. The number of carbonyl (C=O) groups excluding carboxylic acids is 3. The maximum atomic E-state index is 13.3. The van der Waals surface area contributed by atoms with Crippen molar-refractivity contribution in [3.05, 3.63) is 83.4 Å². The van der Waals surface area contributed by atoms with Gasteiger partial charge in [0.25, 0.3) is 0 Å². The Bertz CT molecular complexity index is 1210. The van der Waals surface area contributed by atoms with E-state index in [9.17, 15) is 14.4 Å². The van der Waals surface area contributed by atoms with Gasteiger partial charge in [-0.15, -0.1) is 0 Å². The quantitative estimate of drug-likeness (QED) is 0.289. The number of fused-ring (bicyclic) bond motifs is 1. The molecular formula is C28H28O6. The van der Waals surface area contributed by atoms with Crippen LogP contribution in [0.4, 0.5) is 0 Å². The minimum absolute atomic E-state index is 0.0517. The molecule has 176 valence electrons. The van der Waals surface area contributed by atoms with Crippen molar-refractivity contribution in [1.29, 1.82) is 0 Å². The Morgan fingerprint density at radius 3 is 2.24 bits per heavy atom. The lowest BCUT2D eigenvalue weighted by Gasteiger charge is -2.35. The molecule has 1 atom stereocenters. The second-order valence-corrected chi connectivity index (χ2v) is 8.85. The van der Waals surface area contributed by atoms with Crippen molar-refractivity contribution in [3.63, 3.8) is 0 Å². The van der Waals surface area contributed by atoms with Gasteiger partial charge in [-0.3, -0.25) is 14.4 Å². The lowest BCUT2D eigenvalue weighted by atomic mass is 9.69. The topological polar surface area (TPSA) is 78.9 Å². The second-order valence-electron chi connectivity index (χ2n) is 8.85. The van der Waals surface area contributed by atoms with E-state index in [1.807, 2.05) is 66.7 Å². The lowest BCUT2D eigenvalue weighted by molar-refractivity contribution is -0.163. The lowest BCUT2D eigenvalue weighted by Crippen LogP contribution is -2.43. The Kier molecular flexibility index (Phi) is 6.68. The molecule has 34 heavy (non-hydrogen) atoms. The molecule has 1 saturated carbocycles. The van der Waals surface area contributed by atoms with Crippen molar-refractivity contribution in [2.45, 2.75) is 37.7 Å². The van der Waals surface area contributed by atoms with Crippen molar-refractivity contribution in [3.8, 4) is 0 Å². The molecule has 1 unspecified atom stereocenters. The number of methoxy groups -OCH3 is 2. The van der Waals surface area contributed by atoms with Crippen LogP contribution in [0.3, 0.4) is 0 Å². The van der Waals surface area contributed by atoms with Gasteiger partial charge in [0, 0.05) is 0 Å². The van der Waals surface area contributed by atoms with Crippen LogP contribution < -0.4 is 0 Å². The van der Waals surface area contributed by atoms with Crippen LogP contribution in [-0.4, -0.2) is 32.1 Å². The summed E-state index contributed by atoms with van der Waals surface area (Å²) in [7, 11) is 2.66. The van der Waals surface area contributed by atoms with E-state index in [0.717, 1.165) is 21.9 Å². The highest BCUT2D eigenvalue weighted by Crippen LogP contribution is 2.46. The standard InChI is InChI=1S/C28H28O6/c1-28(26(30)33-3,27(31)34-17-18-9-5-4-6-10-18)22-15-19-11-7-8-12-23(19)24(16-22)20-13-21(14-20)25(29)32-2/h4-12,15-16,20-21H,13-14,17H2,1-3H3. The summed E-state index contributed by atoms with van der Waals surface area (Å²) >= 11 is 0. The molecule has 0 heterocycles. The fourth-order valence-electron chi connectivity index (χ4n) is 4.59. The first-order valence-corrected chi connectivity index (χ1v) is 11.3. The molecule has 0 saturated heterocycles. The van der Waals surface area contributed by atoms with Crippen LogP contribution in [0.25, 0.3) is 10.8 Å². The second kappa shape index (κ2) is 9.67. The van der Waals surface area contributed by atoms with Gasteiger partial charge in [0.1, 0.15) is 6.61 Å². The Hall–Kier alpha value is -3.67. The van der Waals surface area contributed by atoms with Gasteiger partial charge in [0.2, 0.25) is 0 Å². The maximum Gasteiger partial charge on any atom is 0.328 e. The largest absolute Gasteiger partial charge is 0.469 e. The molecule has 1 fully saturated rings. The van der Waals surface area contributed by atoms with Crippen LogP contribution in [-0.2, 0) is 40.6 Å². The van der Waals surface area contributed by atoms with Crippen LogP contribution in [0.2, 0.25) is 0 Å². The van der Waals surface area contributed by atoms with Crippen LogP contribution in [0, 0.1) is 5.92 Å². The zero-order valence-electron chi connectivity index (χ0n) is 19.6. The molecule has 1 aliphatic rings. The van der Waals surface area contributed by atoms with E-state index in [4.69, 9.17) is 14.2 Å². The number of rotatable bonds is 7. The summed E-state index contributed by atoms with van der Waals surface area (Å²) < 4.78 is 15.5. The van der Waals surface area contributed by atoms with Gasteiger partial charge in [-0.25, -0.2) is 0 Å². The molecule has 0 spiro atoms. The molecule has 0 radical (unpaired) electrons. The van der Waals surface area contributed by atoms with Crippen molar-refractivity contribution in [2.75, 3.05) is 14.2 Å². The first-order chi connectivity index (χ1) is 16.4. The molecule has 6 nitrogen and oxygen atoms in total. The average molecular weight is 461 g/mol. The van der Waals surface area contributed by atoms with E-state index >= 15 is 0 Å². The van der Waals surface area contributed by atoms with E-state index in [-0.39, 0.29) is 24.4 Å².